The third-order valence-corrected chi connectivity index (χ3v) is 7.71. The highest BCUT2D eigenvalue weighted by Crippen LogP contribution is 2.27. The zero-order valence-electron chi connectivity index (χ0n) is 17.5. The van der Waals surface area contributed by atoms with Crippen molar-refractivity contribution in [3.63, 3.8) is 0 Å². The van der Waals surface area contributed by atoms with E-state index in [1.165, 1.54) is 0 Å². The molecule has 2 heterocycles. The Morgan fingerprint density at radius 1 is 1.16 bits per heavy atom. The van der Waals surface area contributed by atoms with E-state index in [4.69, 9.17) is 9.15 Å². The van der Waals surface area contributed by atoms with Crippen molar-refractivity contribution in [3.05, 3.63) is 66.1 Å². The fourth-order valence-corrected chi connectivity index (χ4v) is 5.94. The molecule has 1 saturated heterocycles. The standard InChI is InChI=1S/C22H23N3O5S2/c1-29-19-9-7-16(8-10-19)13-20-23-24-22(30-20)31-14-21(26)25(17-5-3-2-4-6-17)18-11-12-32(27,28)15-18/h2-10,18H,11-15H2,1H3/t18-/m0/s1. The molecule has 1 aliphatic heterocycles. The van der Waals surface area contributed by atoms with Crippen LogP contribution in [0.25, 0.3) is 0 Å². The van der Waals surface area contributed by atoms with Crippen LogP contribution in [0.4, 0.5) is 5.69 Å². The highest BCUT2D eigenvalue weighted by Gasteiger charge is 2.35. The number of aromatic nitrogens is 2. The molecule has 0 aliphatic carbocycles. The minimum atomic E-state index is -3.13. The number of para-hydroxylation sites is 1. The van der Waals surface area contributed by atoms with E-state index in [1.54, 1.807) is 12.0 Å². The summed E-state index contributed by atoms with van der Waals surface area (Å²) in [6, 6.07) is 16.3. The molecule has 1 atom stereocenters. The third kappa shape index (κ3) is 5.49. The van der Waals surface area contributed by atoms with E-state index in [2.05, 4.69) is 10.2 Å². The van der Waals surface area contributed by atoms with E-state index in [-0.39, 0.29) is 29.2 Å². The molecule has 0 radical (unpaired) electrons. The van der Waals surface area contributed by atoms with Gasteiger partial charge < -0.3 is 14.1 Å². The Hall–Kier alpha value is -2.85. The number of ether oxygens (including phenoxy) is 1. The van der Waals surface area contributed by atoms with Gasteiger partial charge in [-0.15, -0.1) is 10.2 Å². The van der Waals surface area contributed by atoms with E-state index < -0.39 is 9.84 Å². The number of anilines is 1. The number of rotatable bonds is 8. The number of hydrogen-bond donors (Lipinski definition) is 0. The van der Waals surface area contributed by atoms with Crippen LogP contribution >= 0.6 is 11.8 Å². The first-order chi connectivity index (χ1) is 15.4. The molecule has 32 heavy (non-hydrogen) atoms. The minimum Gasteiger partial charge on any atom is -0.497 e. The van der Waals surface area contributed by atoms with E-state index in [0.29, 0.717) is 29.6 Å². The van der Waals surface area contributed by atoms with Crippen molar-refractivity contribution in [2.24, 2.45) is 0 Å². The molecule has 10 heteroatoms. The second-order valence-electron chi connectivity index (χ2n) is 7.43. The predicted molar refractivity (Wildman–Crippen MR) is 122 cm³/mol. The normalized spacial score (nSPS) is 17.2. The van der Waals surface area contributed by atoms with Gasteiger partial charge in [0.1, 0.15) is 5.75 Å². The predicted octanol–water partition coefficient (Wildman–Crippen LogP) is 2.98. The van der Waals surface area contributed by atoms with Gasteiger partial charge in [-0.05, 0) is 36.2 Å². The molecule has 4 rings (SSSR count). The van der Waals surface area contributed by atoms with Crippen molar-refractivity contribution in [3.8, 4) is 5.75 Å². The molecule has 0 saturated carbocycles. The van der Waals surface area contributed by atoms with E-state index in [9.17, 15) is 13.2 Å². The van der Waals surface area contributed by atoms with Crippen molar-refractivity contribution in [1.82, 2.24) is 10.2 Å². The molecule has 0 spiro atoms. The van der Waals surface area contributed by atoms with Crippen LogP contribution in [0.5, 0.6) is 5.75 Å². The summed E-state index contributed by atoms with van der Waals surface area (Å²) in [4.78, 5) is 14.7. The lowest BCUT2D eigenvalue weighted by atomic mass is 10.1. The van der Waals surface area contributed by atoms with Crippen molar-refractivity contribution in [2.75, 3.05) is 29.3 Å². The van der Waals surface area contributed by atoms with Gasteiger partial charge in [0.2, 0.25) is 11.8 Å². The zero-order chi connectivity index (χ0) is 22.6. The van der Waals surface area contributed by atoms with Crippen LogP contribution in [0.3, 0.4) is 0 Å². The molecule has 1 aromatic heterocycles. The van der Waals surface area contributed by atoms with Gasteiger partial charge in [-0.1, -0.05) is 42.1 Å². The monoisotopic (exact) mass is 473 g/mol. The summed E-state index contributed by atoms with van der Waals surface area (Å²) in [5.41, 5.74) is 1.69. The Labute approximate surface area is 190 Å². The van der Waals surface area contributed by atoms with Gasteiger partial charge >= 0.3 is 0 Å². The number of hydrogen-bond acceptors (Lipinski definition) is 8. The number of carbonyl (C=O) groups is 1. The Morgan fingerprint density at radius 2 is 1.91 bits per heavy atom. The number of benzene rings is 2. The van der Waals surface area contributed by atoms with Crippen LogP contribution in [0.1, 0.15) is 17.9 Å². The van der Waals surface area contributed by atoms with Gasteiger partial charge in [0.15, 0.2) is 9.84 Å². The first-order valence-electron chi connectivity index (χ1n) is 10.1. The summed E-state index contributed by atoms with van der Waals surface area (Å²) in [5.74, 6) is 1.16. The van der Waals surface area contributed by atoms with Crippen LogP contribution in [0.15, 0.2) is 64.2 Å². The van der Waals surface area contributed by atoms with E-state index in [0.717, 1.165) is 23.1 Å². The fourth-order valence-electron chi connectivity index (χ4n) is 3.61. The number of amides is 1. The molecular formula is C22H23N3O5S2. The van der Waals surface area contributed by atoms with Crippen LogP contribution in [-0.4, -0.2) is 54.9 Å². The maximum absolute atomic E-state index is 13.1. The van der Waals surface area contributed by atoms with Crippen molar-refractivity contribution < 1.29 is 22.4 Å². The van der Waals surface area contributed by atoms with Crippen molar-refractivity contribution >= 4 is 33.2 Å². The lowest BCUT2D eigenvalue weighted by Crippen LogP contribution is -2.42. The maximum Gasteiger partial charge on any atom is 0.277 e. The Morgan fingerprint density at radius 3 is 2.56 bits per heavy atom. The summed E-state index contributed by atoms with van der Waals surface area (Å²) < 4.78 is 34.8. The van der Waals surface area contributed by atoms with Crippen LogP contribution in [0.2, 0.25) is 0 Å². The Balaban J connectivity index is 1.41. The van der Waals surface area contributed by atoms with E-state index in [1.807, 2.05) is 54.6 Å². The molecule has 0 bridgehead atoms. The molecule has 1 fully saturated rings. The minimum absolute atomic E-state index is 0.0229. The fraction of sp³-hybridized carbons (Fsp3) is 0.318. The summed E-state index contributed by atoms with van der Waals surface area (Å²) in [6.45, 7) is 0. The SMILES string of the molecule is COc1ccc(Cc2nnc(SCC(=O)N(c3ccccc3)[C@H]3CCS(=O)(=O)C3)o2)cc1. The first kappa shape index (κ1) is 22.3. The third-order valence-electron chi connectivity index (χ3n) is 5.16. The Bertz CT molecular complexity index is 1160. The highest BCUT2D eigenvalue weighted by molar-refractivity contribution is 7.99. The second-order valence-corrected chi connectivity index (χ2v) is 10.6. The van der Waals surface area contributed by atoms with Gasteiger partial charge in [-0.3, -0.25) is 4.79 Å². The van der Waals surface area contributed by atoms with Gasteiger partial charge in [0.05, 0.1) is 36.8 Å². The van der Waals surface area contributed by atoms with E-state index >= 15 is 0 Å². The summed E-state index contributed by atoms with van der Waals surface area (Å²) in [6.07, 6.45) is 0.905. The summed E-state index contributed by atoms with van der Waals surface area (Å²) in [5, 5.41) is 8.38. The average Bonchev–Trinajstić information content (AvgIpc) is 3.39. The molecule has 8 nitrogen and oxygen atoms in total. The second kappa shape index (κ2) is 9.74. The van der Waals surface area contributed by atoms with Gasteiger partial charge in [0, 0.05) is 5.69 Å². The lowest BCUT2D eigenvalue weighted by Gasteiger charge is -2.28. The quantitative estimate of drug-likeness (QED) is 0.460. The van der Waals surface area contributed by atoms with Gasteiger partial charge in [-0.25, -0.2) is 8.42 Å². The molecule has 1 amide bonds. The van der Waals surface area contributed by atoms with Gasteiger partial charge in [0.25, 0.3) is 5.22 Å². The van der Waals surface area contributed by atoms with Crippen molar-refractivity contribution in [2.45, 2.75) is 24.1 Å². The number of thioether (sulfide) groups is 1. The Kier molecular flexibility index (Phi) is 6.80. The molecular weight excluding hydrogens is 450 g/mol. The zero-order valence-corrected chi connectivity index (χ0v) is 19.1. The topological polar surface area (TPSA) is 103 Å². The lowest BCUT2D eigenvalue weighted by molar-refractivity contribution is -0.116. The molecule has 168 valence electrons. The van der Waals surface area contributed by atoms with Crippen molar-refractivity contribution in [1.29, 1.82) is 0 Å². The molecule has 0 unspecified atom stereocenters. The largest absolute Gasteiger partial charge is 0.497 e. The summed E-state index contributed by atoms with van der Waals surface area (Å²) in [7, 11) is -1.52. The number of carbonyl (C=O) groups excluding carboxylic acids is 1. The molecule has 3 aromatic rings. The average molecular weight is 474 g/mol. The van der Waals surface area contributed by atoms with Gasteiger partial charge in [-0.2, -0.15) is 0 Å². The van der Waals surface area contributed by atoms with Crippen LogP contribution in [-0.2, 0) is 21.1 Å². The smallest absolute Gasteiger partial charge is 0.277 e. The highest BCUT2D eigenvalue weighted by atomic mass is 32.2. The summed E-state index contributed by atoms with van der Waals surface area (Å²) >= 11 is 1.15. The maximum atomic E-state index is 13.1. The van der Waals surface area contributed by atoms with Crippen LogP contribution in [0, 0.1) is 0 Å². The number of sulfone groups is 1. The first-order valence-corrected chi connectivity index (χ1v) is 12.9. The molecule has 0 N–H and O–H groups in total. The van der Waals surface area contributed by atoms with Crippen LogP contribution < -0.4 is 9.64 Å². The molecule has 1 aliphatic rings. The number of methoxy groups -OCH3 is 1. The number of nitrogens with zero attached hydrogens (tertiary/aromatic N) is 3. The molecule has 2 aromatic carbocycles.